The van der Waals surface area contributed by atoms with Crippen molar-refractivity contribution >= 4 is 18.1 Å². The quantitative estimate of drug-likeness (QED) is 0.695. The number of carbonyl (C=O) groups excluding carboxylic acids is 1. The van der Waals surface area contributed by atoms with Crippen molar-refractivity contribution in [3.05, 3.63) is 34.2 Å². The molecular weight excluding hydrogens is 212 g/mol. The molecule has 1 saturated heterocycles. The second-order valence-electron chi connectivity index (χ2n) is 4.98. The largest absolute Gasteiger partial charge is 0.366 e. The van der Waals surface area contributed by atoms with Gasteiger partial charge in [-0.05, 0) is 48.5 Å². The molecule has 0 bridgehead atoms. The highest BCUT2D eigenvalue weighted by atomic mass is 16.1. The Labute approximate surface area is 100 Å². The molecule has 3 rings (SSSR count). The zero-order valence-corrected chi connectivity index (χ0v) is 9.70. The maximum Gasteiger partial charge on any atom is 0.248 e. The summed E-state index contributed by atoms with van der Waals surface area (Å²) in [6, 6.07) is 5.72. The third-order valence-corrected chi connectivity index (χ3v) is 3.79. The molecule has 17 heavy (non-hydrogen) atoms. The third kappa shape index (κ3) is 1.76. The summed E-state index contributed by atoms with van der Waals surface area (Å²) >= 11 is 0. The number of benzene rings is 1. The number of rotatable bonds is 1. The van der Waals surface area contributed by atoms with Gasteiger partial charge in [0.15, 0.2) is 0 Å². The monoisotopic (exact) mass is 228 g/mol. The van der Waals surface area contributed by atoms with E-state index in [1.165, 1.54) is 5.22 Å². The van der Waals surface area contributed by atoms with Crippen LogP contribution in [0.3, 0.4) is 0 Å². The number of piperidine rings is 1. The van der Waals surface area contributed by atoms with Crippen LogP contribution in [0.15, 0.2) is 18.2 Å². The van der Waals surface area contributed by atoms with Gasteiger partial charge in [0.2, 0.25) is 5.91 Å². The molecule has 1 amide bonds. The maximum atomic E-state index is 11.2. The molecule has 3 N–H and O–H groups in total. The topological polar surface area (TPSA) is 55.1 Å². The summed E-state index contributed by atoms with van der Waals surface area (Å²) in [6.07, 6.45) is 6.91. The van der Waals surface area contributed by atoms with Crippen LogP contribution in [-0.4, -0.2) is 19.0 Å². The van der Waals surface area contributed by atoms with E-state index < -0.39 is 0 Å². The molecule has 0 saturated carbocycles. The Morgan fingerprint density at radius 1 is 1.18 bits per heavy atom. The van der Waals surface area contributed by atoms with E-state index in [1.807, 2.05) is 18.2 Å². The third-order valence-electron chi connectivity index (χ3n) is 3.79. The van der Waals surface area contributed by atoms with Gasteiger partial charge in [0.05, 0.1) is 0 Å². The first-order valence-corrected chi connectivity index (χ1v) is 6.05. The van der Waals surface area contributed by atoms with Crippen LogP contribution in [0.1, 0.15) is 23.2 Å². The molecule has 1 fully saturated rings. The van der Waals surface area contributed by atoms with Crippen LogP contribution in [-0.2, 0) is 0 Å². The number of nitrogens with one attached hydrogen (secondary N) is 1. The number of nitrogens with two attached hydrogens (primary N) is 1. The minimum Gasteiger partial charge on any atom is -0.366 e. The van der Waals surface area contributed by atoms with Gasteiger partial charge in [-0.25, -0.2) is 0 Å². The number of primary amides is 1. The zero-order valence-electron chi connectivity index (χ0n) is 9.70. The Kier molecular flexibility index (Phi) is 2.30. The van der Waals surface area contributed by atoms with Crippen LogP contribution in [0.5, 0.6) is 0 Å². The summed E-state index contributed by atoms with van der Waals surface area (Å²) in [4.78, 5) is 11.2. The predicted molar refractivity (Wildman–Crippen MR) is 67.7 cm³/mol. The lowest BCUT2D eigenvalue weighted by Gasteiger charge is -2.30. The normalized spacial score (nSPS) is 20.5. The minimum absolute atomic E-state index is 0.198. The highest BCUT2D eigenvalue weighted by molar-refractivity contribution is 5.92. The highest BCUT2D eigenvalue weighted by Crippen LogP contribution is 2.33. The fourth-order valence-corrected chi connectivity index (χ4v) is 2.83. The molecule has 1 aliphatic heterocycles. The lowest BCUT2D eigenvalue weighted by Crippen LogP contribution is -2.33. The van der Waals surface area contributed by atoms with Crippen molar-refractivity contribution in [2.75, 3.05) is 13.1 Å². The van der Waals surface area contributed by atoms with E-state index in [0.717, 1.165) is 31.1 Å². The van der Waals surface area contributed by atoms with Gasteiger partial charge in [0.25, 0.3) is 0 Å². The fourth-order valence-electron chi connectivity index (χ4n) is 2.83. The predicted octanol–water partition coefficient (Wildman–Crippen LogP) is -0.270. The number of carbonyl (C=O) groups is 1. The Morgan fingerprint density at radius 3 is 2.59 bits per heavy atom. The van der Waals surface area contributed by atoms with Crippen LogP contribution in [0.25, 0.3) is 12.2 Å². The lowest BCUT2D eigenvalue weighted by atomic mass is 9.80. The van der Waals surface area contributed by atoms with Gasteiger partial charge < -0.3 is 11.1 Å². The van der Waals surface area contributed by atoms with Gasteiger partial charge in [0, 0.05) is 11.0 Å². The summed E-state index contributed by atoms with van der Waals surface area (Å²) in [6.45, 7) is 2.12. The molecule has 88 valence electrons. The van der Waals surface area contributed by atoms with Gasteiger partial charge in [-0.1, -0.05) is 18.2 Å². The van der Waals surface area contributed by atoms with Crippen molar-refractivity contribution in [1.29, 1.82) is 0 Å². The Morgan fingerprint density at radius 2 is 1.88 bits per heavy atom. The number of hydrogen-bond acceptors (Lipinski definition) is 2. The highest BCUT2D eigenvalue weighted by Gasteiger charge is 2.29. The van der Waals surface area contributed by atoms with Crippen molar-refractivity contribution in [3.63, 3.8) is 0 Å². The van der Waals surface area contributed by atoms with Gasteiger partial charge in [0.1, 0.15) is 0 Å². The molecule has 0 unspecified atom stereocenters. The van der Waals surface area contributed by atoms with Gasteiger partial charge >= 0.3 is 0 Å². The molecule has 1 aromatic carbocycles. The Bertz CT molecular complexity index is 583. The van der Waals surface area contributed by atoms with Crippen LogP contribution in [0.2, 0.25) is 0 Å². The van der Waals surface area contributed by atoms with E-state index in [2.05, 4.69) is 17.5 Å². The smallest absolute Gasteiger partial charge is 0.248 e. The summed E-state index contributed by atoms with van der Waals surface area (Å²) in [5, 5.41) is 5.77. The molecule has 0 radical (unpaired) electrons. The van der Waals surface area contributed by atoms with Crippen LogP contribution in [0.4, 0.5) is 0 Å². The first kappa shape index (κ1) is 10.5. The molecular formula is C14H16N2O. The molecule has 1 heterocycles. The Balaban J connectivity index is 2.09. The molecule has 1 aromatic rings. The second kappa shape index (κ2) is 3.70. The van der Waals surface area contributed by atoms with Crippen molar-refractivity contribution in [3.8, 4) is 0 Å². The number of hydrogen-bond donors (Lipinski definition) is 2. The second-order valence-corrected chi connectivity index (χ2v) is 4.98. The molecule has 3 heteroatoms. The zero-order chi connectivity index (χ0) is 11.9. The standard InChI is InChI=1S/C14H16N2O/c15-13(17)10-1-2-11-8-14(9-12(11)7-10)3-5-16-6-4-14/h1-2,7-9,16H,3-6H2,(H2,15,17). The average Bonchev–Trinajstić information content (AvgIpc) is 2.66. The molecule has 1 spiro atoms. The summed E-state index contributed by atoms with van der Waals surface area (Å²) in [5.41, 5.74) is 6.10. The number of fused-ring (bicyclic) bond motifs is 1. The summed E-state index contributed by atoms with van der Waals surface area (Å²) in [5.74, 6) is -0.354. The van der Waals surface area contributed by atoms with E-state index >= 15 is 0 Å². The summed E-state index contributed by atoms with van der Waals surface area (Å²) < 4.78 is 0. The molecule has 3 nitrogen and oxygen atoms in total. The van der Waals surface area contributed by atoms with Crippen molar-refractivity contribution in [1.82, 2.24) is 5.32 Å². The first-order chi connectivity index (χ1) is 8.19. The average molecular weight is 228 g/mol. The van der Waals surface area contributed by atoms with Crippen molar-refractivity contribution in [2.45, 2.75) is 12.8 Å². The molecule has 2 aliphatic rings. The molecule has 0 aromatic heterocycles. The number of amides is 1. The first-order valence-electron chi connectivity index (χ1n) is 6.05. The van der Waals surface area contributed by atoms with Crippen LogP contribution in [0, 0.1) is 5.41 Å². The van der Waals surface area contributed by atoms with E-state index in [4.69, 9.17) is 5.73 Å². The molecule has 1 aliphatic carbocycles. The van der Waals surface area contributed by atoms with E-state index in [9.17, 15) is 4.79 Å². The SMILES string of the molecule is NC(=O)c1ccc2c(c1)=CC1(C=2)CCNCC1. The van der Waals surface area contributed by atoms with E-state index in [0.29, 0.717) is 5.56 Å². The van der Waals surface area contributed by atoms with E-state index in [1.54, 1.807) is 0 Å². The van der Waals surface area contributed by atoms with E-state index in [-0.39, 0.29) is 11.3 Å². The van der Waals surface area contributed by atoms with Crippen LogP contribution < -0.4 is 21.5 Å². The van der Waals surface area contributed by atoms with Gasteiger partial charge in [-0.2, -0.15) is 0 Å². The minimum atomic E-state index is -0.354. The lowest BCUT2D eigenvalue weighted by molar-refractivity contribution is 0.1000. The van der Waals surface area contributed by atoms with Gasteiger partial charge in [-0.3, -0.25) is 4.79 Å². The molecule has 0 atom stereocenters. The maximum absolute atomic E-state index is 11.2. The van der Waals surface area contributed by atoms with Gasteiger partial charge in [-0.15, -0.1) is 0 Å². The fraction of sp³-hybridized carbons (Fsp3) is 0.357. The Hall–Kier alpha value is -1.61. The van der Waals surface area contributed by atoms with Crippen molar-refractivity contribution in [2.24, 2.45) is 11.1 Å². The summed E-state index contributed by atoms with van der Waals surface area (Å²) in [7, 11) is 0. The van der Waals surface area contributed by atoms with Crippen LogP contribution >= 0.6 is 0 Å². The van der Waals surface area contributed by atoms with Crippen molar-refractivity contribution < 1.29 is 4.79 Å².